The van der Waals surface area contributed by atoms with Crippen LogP contribution in [0.2, 0.25) is 0 Å². The van der Waals surface area contributed by atoms with Crippen LogP contribution < -0.4 is 10.5 Å². The number of carbonyl (C=O) groups is 2. The summed E-state index contributed by atoms with van der Waals surface area (Å²) in [4.78, 5) is 47.5. The molecule has 1 saturated heterocycles. The summed E-state index contributed by atoms with van der Waals surface area (Å²) < 4.78 is 10.2. The van der Waals surface area contributed by atoms with Crippen molar-refractivity contribution in [3.63, 3.8) is 0 Å². The van der Waals surface area contributed by atoms with Crippen LogP contribution in [0.3, 0.4) is 0 Å². The van der Waals surface area contributed by atoms with Gasteiger partial charge in [0.05, 0.1) is 23.7 Å². The number of H-pyrrole nitrogens is 1. The molecule has 0 spiro atoms. The number of ether oxygens (including phenoxy) is 2. The standard InChI is InChI=1S/C20H26N4O5/c1-12-11-23(19(27)29-20(2,3)4)8-9-24(12)16-17(25)22-14-7-6-13(18(26)28-5)10-15(14)21-16/h6-7,10,12H,8-9,11H2,1-5H3,(H,22,25). The van der Waals surface area contributed by atoms with Gasteiger partial charge in [0.1, 0.15) is 5.60 Å². The Kier molecular flexibility index (Phi) is 5.50. The molecule has 2 heterocycles. The van der Waals surface area contributed by atoms with E-state index < -0.39 is 11.6 Å². The van der Waals surface area contributed by atoms with Gasteiger partial charge in [0.2, 0.25) is 0 Å². The van der Waals surface area contributed by atoms with Crippen molar-refractivity contribution < 1.29 is 19.1 Å². The van der Waals surface area contributed by atoms with Crippen LogP contribution in [-0.2, 0) is 9.47 Å². The van der Waals surface area contributed by atoms with Gasteiger partial charge in [-0.25, -0.2) is 14.6 Å². The summed E-state index contributed by atoms with van der Waals surface area (Å²) in [5.41, 5.74) is 0.496. The van der Waals surface area contributed by atoms with Crippen LogP contribution in [0.1, 0.15) is 38.1 Å². The zero-order chi connectivity index (χ0) is 21.3. The third-order valence-corrected chi connectivity index (χ3v) is 4.65. The topological polar surface area (TPSA) is 105 Å². The Morgan fingerprint density at radius 2 is 1.97 bits per heavy atom. The summed E-state index contributed by atoms with van der Waals surface area (Å²) in [7, 11) is 1.31. The van der Waals surface area contributed by atoms with E-state index in [0.717, 1.165) is 0 Å². The highest BCUT2D eigenvalue weighted by Crippen LogP contribution is 2.20. The first kappa shape index (κ1) is 20.6. The molecule has 9 nitrogen and oxygen atoms in total. The molecule has 1 fully saturated rings. The molecule has 1 aromatic carbocycles. The number of piperazine rings is 1. The van der Waals surface area contributed by atoms with Gasteiger partial charge in [0.25, 0.3) is 5.56 Å². The van der Waals surface area contributed by atoms with Gasteiger partial charge in [-0.05, 0) is 45.9 Å². The number of carbonyl (C=O) groups excluding carboxylic acids is 2. The fourth-order valence-electron chi connectivity index (χ4n) is 3.28. The minimum Gasteiger partial charge on any atom is -0.465 e. The van der Waals surface area contributed by atoms with Crippen molar-refractivity contribution in [2.45, 2.75) is 39.3 Å². The molecule has 3 rings (SSSR count). The number of anilines is 1. The van der Waals surface area contributed by atoms with E-state index in [1.54, 1.807) is 23.1 Å². The van der Waals surface area contributed by atoms with Gasteiger partial charge in [-0.1, -0.05) is 0 Å². The number of nitrogens with zero attached hydrogens (tertiary/aromatic N) is 3. The lowest BCUT2D eigenvalue weighted by atomic mass is 10.1. The van der Waals surface area contributed by atoms with Crippen LogP contribution in [0.25, 0.3) is 11.0 Å². The highest BCUT2D eigenvalue weighted by Gasteiger charge is 2.31. The van der Waals surface area contributed by atoms with Crippen LogP contribution >= 0.6 is 0 Å². The van der Waals surface area contributed by atoms with Crippen molar-refractivity contribution >= 4 is 28.9 Å². The van der Waals surface area contributed by atoms with Crippen LogP contribution in [-0.4, -0.2) is 65.3 Å². The van der Waals surface area contributed by atoms with Gasteiger partial charge in [-0.3, -0.25) is 4.79 Å². The van der Waals surface area contributed by atoms with Crippen molar-refractivity contribution in [2.24, 2.45) is 0 Å². The second kappa shape index (κ2) is 7.73. The highest BCUT2D eigenvalue weighted by molar-refractivity contribution is 5.93. The molecule has 2 aromatic rings. The fraction of sp³-hybridized carbons (Fsp3) is 0.500. The quantitative estimate of drug-likeness (QED) is 0.768. The fourth-order valence-corrected chi connectivity index (χ4v) is 3.28. The minimum absolute atomic E-state index is 0.133. The van der Waals surface area contributed by atoms with Crippen molar-refractivity contribution in [3.05, 3.63) is 34.1 Å². The summed E-state index contributed by atoms with van der Waals surface area (Å²) in [5.74, 6) is -0.211. The first-order chi connectivity index (χ1) is 13.6. The molecule has 1 aliphatic heterocycles. The van der Waals surface area contributed by atoms with E-state index in [4.69, 9.17) is 9.47 Å². The van der Waals surface area contributed by atoms with Crippen molar-refractivity contribution in [3.8, 4) is 0 Å². The molecule has 156 valence electrons. The van der Waals surface area contributed by atoms with E-state index >= 15 is 0 Å². The maximum atomic E-state index is 12.6. The lowest BCUT2D eigenvalue weighted by Gasteiger charge is -2.40. The number of hydrogen-bond donors (Lipinski definition) is 1. The van der Waals surface area contributed by atoms with Gasteiger partial charge < -0.3 is 24.3 Å². The average molecular weight is 402 g/mol. The first-order valence-electron chi connectivity index (χ1n) is 9.46. The van der Waals surface area contributed by atoms with Gasteiger partial charge in [-0.15, -0.1) is 0 Å². The molecule has 0 bridgehead atoms. The Morgan fingerprint density at radius 3 is 2.59 bits per heavy atom. The van der Waals surface area contributed by atoms with Gasteiger partial charge >= 0.3 is 12.1 Å². The predicted molar refractivity (Wildman–Crippen MR) is 108 cm³/mol. The van der Waals surface area contributed by atoms with Gasteiger partial charge in [0.15, 0.2) is 5.82 Å². The van der Waals surface area contributed by atoms with Crippen molar-refractivity contribution in [2.75, 3.05) is 31.6 Å². The average Bonchev–Trinajstić information content (AvgIpc) is 2.65. The predicted octanol–water partition coefficient (Wildman–Crippen LogP) is 2.16. The maximum Gasteiger partial charge on any atom is 0.410 e. The highest BCUT2D eigenvalue weighted by atomic mass is 16.6. The van der Waals surface area contributed by atoms with Crippen LogP contribution in [0.4, 0.5) is 10.6 Å². The van der Waals surface area contributed by atoms with Crippen LogP contribution in [0.5, 0.6) is 0 Å². The van der Waals surface area contributed by atoms with Crippen LogP contribution in [0.15, 0.2) is 23.0 Å². The molecule has 1 amide bonds. The summed E-state index contributed by atoms with van der Waals surface area (Å²) in [6.45, 7) is 8.67. The number of methoxy groups -OCH3 is 1. The Balaban J connectivity index is 1.85. The van der Waals surface area contributed by atoms with Gasteiger partial charge in [0, 0.05) is 25.7 Å². The Bertz CT molecular complexity index is 995. The smallest absolute Gasteiger partial charge is 0.410 e. The number of amides is 1. The third kappa shape index (κ3) is 4.49. The van der Waals surface area contributed by atoms with E-state index in [9.17, 15) is 14.4 Å². The minimum atomic E-state index is -0.564. The zero-order valence-electron chi connectivity index (χ0n) is 17.3. The van der Waals surface area contributed by atoms with E-state index in [2.05, 4.69) is 9.97 Å². The first-order valence-corrected chi connectivity index (χ1v) is 9.46. The number of hydrogen-bond acceptors (Lipinski definition) is 7. The van der Waals surface area contributed by atoms with E-state index in [0.29, 0.717) is 36.2 Å². The third-order valence-electron chi connectivity index (χ3n) is 4.65. The lowest BCUT2D eigenvalue weighted by Crippen LogP contribution is -2.55. The summed E-state index contributed by atoms with van der Waals surface area (Å²) in [6.07, 6.45) is -0.368. The van der Waals surface area contributed by atoms with E-state index in [1.807, 2.05) is 32.6 Å². The summed E-state index contributed by atoms with van der Waals surface area (Å²) >= 11 is 0. The van der Waals surface area contributed by atoms with Crippen molar-refractivity contribution in [1.29, 1.82) is 0 Å². The Labute approximate surface area is 168 Å². The second-order valence-corrected chi connectivity index (χ2v) is 8.08. The monoisotopic (exact) mass is 402 g/mol. The largest absolute Gasteiger partial charge is 0.465 e. The molecule has 1 N–H and O–H groups in total. The number of nitrogens with one attached hydrogen (secondary N) is 1. The molecule has 0 radical (unpaired) electrons. The molecule has 1 aromatic heterocycles. The normalized spacial score (nSPS) is 17.3. The molecule has 1 atom stereocenters. The van der Waals surface area contributed by atoms with Crippen molar-refractivity contribution in [1.82, 2.24) is 14.9 Å². The Hall–Kier alpha value is -3.10. The number of aromatic amines is 1. The number of aromatic nitrogens is 2. The lowest BCUT2D eigenvalue weighted by molar-refractivity contribution is 0.0218. The number of benzene rings is 1. The molecule has 1 unspecified atom stereocenters. The maximum absolute atomic E-state index is 12.6. The summed E-state index contributed by atoms with van der Waals surface area (Å²) in [6, 6.07) is 4.66. The van der Waals surface area contributed by atoms with E-state index in [-0.39, 0.29) is 23.5 Å². The molecule has 1 aliphatic rings. The molecule has 29 heavy (non-hydrogen) atoms. The van der Waals surface area contributed by atoms with Gasteiger partial charge in [-0.2, -0.15) is 0 Å². The van der Waals surface area contributed by atoms with E-state index in [1.165, 1.54) is 7.11 Å². The second-order valence-electron chi connectivity index (χ2n) is 8.08. The number of rotatable bonds is 2. The SMILES string of the molecule is COC(=O)c1ccc2[nH]c(=O)c(N3CCN(C(=O)OC(C)(C)C)CC3C)nc2c1. The Morgan fingerprint density at radius 1 is 1.24 bits per heavy atom. The molecule has 9 heteroatoms. The number of esters is 1. The zero-order valence-corrected chi connectivity index (χ0v) is 17.3. The van der Waals surface area contributed by atoms with Crippen LogP contribution in [0, 0.1) is 0 Å². The molecule has 0 saturated carbocycles. The molecular formula is C20H26N4O5. The number of fused-ring (bicyclic) bond motifs is 1. The molecule has 0 aliphatic carbocycles. The summed E-state index contributed by atoms with van der Waals surface area (Å²) in [5, 5.41) is 0. The molecular weight excluding hydrogens is 376 g/mol.